The average Bonchev–Trinajstić information content (AvgIpc) is 3.45. The van der Waals surface area contributed by atoms with E-state index in [2.05, 4.69) is 117 Å². The number of fused-ring (bicyclic) bond motifs is 6. The van der Waals surface area contributed by atoms with Crippen molar-refractivity contribution in [3.63, 3.8) is 0 Å². The second-order valence-corrected chi connectivity index (χ2v) is 9.86. The number of para-hydroxylation sites is 2. The quantitative estimate of drug-likeness (QED) is 0.238. The molecule has 3 aromatic carbocycles. The van der Waals surface area contributed by atoms with Crippen LogP contribution in [0.1, 0.15) is 59.6 Å². The van der Waals surface area contributed by atoms with Gasteiger partial charge in [0.1, 0.15) is 11.6 Å². The second-order valence-electron chi connectivity index (χ2n) is 8.94. The predicted octanol–water partition coefficient (Wildman–Crippen LogP) is 6.71. The number of benzene rings is 3. The van der Waals surface area contributed by atoms with Gasteiger partial charge in [0, 0.05) is 41.8 Å². The Labute approximate surface area is 202 Å². The van der Waals surface area contributed by atoms with Crippen molar-refractivity contribution < 1.29 is 0 Å². The fraction of sp³-hybridized carbons (Fsp3) is 0.214. The molecule has 0 N–H and O–H groups in total. The maximum Gasteiger partial charge on any atom is 0.117 e. The van der Waals surface area contributed by atoms with Crippen LogP contribution in [0.5, 0.6) is 0 Å². The highest BCUT2D eigenvalue weighted by Gasteiger charge is 2.25. The van der Waals surface area contributed by atoms with Crippen molar-refractivity contribution >= 4 is 27.0 Å². The Morgan fingerprint density at radius 2 is 1.58 bits per heavy atom. The summed E-state index contributed by atoms with van der Waals surface area (Å²) >= 11 is 3.52. The average molecular weight is 497 g/mol. The molecule has 0 fully saturated rings. The first kappa shape index (κ1) is 20.4. The fourth-order valence-electron chi connectivity index (χ4n) is 5.29. The third-order valence-electron chi connectivity index (χ3n) is 6.97. The summed E-state index contributed by atoms with van der Waals surface area (Å²) in [7, 11) is 0. The summed E-state index contributed by atoms with van der Waals surface area (Å²) in [5.41, 5.74) is 7.97. The van der Waals surface area contributed by atoms with Crippen LogP contribution in [-0.2, 0) is 13.1 Å². The number of hydrogen-bond donors (Lipinski definition) is 0. The Balaban J connectivity index is 0.000000127. The van der Waals surface area contributed by atoms with Crippen molar-refractivity contribution in [3.8, 4) is 0 Å². The Kier molecular flexibility index (Phi) is 4.95. The van der Waals surface area contributed by atoms with E-state index in [1.54, 1.807) is 0 Å². The van der Waals surface area contributed by atoms with Crippen LogP contribution >= 0.6 is 15.9 Å². The number of imidazole rings is 2. The summed E-state index contributed by atoms with van der Waals surface area (Å²) in [5.74, 6) is 3.14. The molecule has 5 aromatic rings. The Bertz CT molecular complexity index is 1480. The van der Waals surface area contributed by atoms with Crippen LogP contribution in [-0.4, -0.2) is 19.1 Å². The number of hydrogen-bond acceptors (Lipinski definition) is 2. The Hall–Kier alpha value is -3.18. The zero-order valence-electron chi connectivity index (χ0n) is 18.7. The van der Waals surface area contributed by atoms with Gasteiger partial charge in [-0.1, -0.05) is 72.2 Å². The maximum atomic E-state index is 4.80. The van der Waals surface area contributed by atoms with Gasteiger partial charge < -0.3 is 9.13 Å². The van der Waals surface area contributed by atoms with Crippen molar-refractivity contribution in [2.24, 2.45) is 0 Å². The molecule has 0 amide bonds. The van der Waals surface area contributed by atoms with E-state index in [0.29, 0.717) is 11.8 Å². The zero-order valence-corrected chi connectivity index (χ0v) is 20.3. The first-order chi connectivity index (χ1) is 16.1. The summed E-state index contributed by atoms with van der Waals surface area (Å²) in [4.78, 5) is 9.21. The molecule has 0 spiro atoms. The molecule has 4 heterocycles. The molecule has 0 bridgehead atoms. The Morgan fingerprint density at radius 3 is 2.48 bits per heavy atom. The fourth-order valence-corrected chi connectivity index (χ4v) is 5.70. The highest BCUT2D eigenvalue weighted by Crippen LogP contribution is 2.35. The van der Waals surface area contributed by atoms with E-state index in [1.165, 1.54) is 39.4 Å². The molecule has 2 aliphatic heterocycles. The van der Waals surface area contributed by atoms with E-state index in [4.69, 9.17) is 4.98 Å². The molecular formula is C28H25BrN4. The molecule has 0 radical (unpaired) electrons. The first-order valence-electron chi connectivity index (χ1n) is 11.4. The molecule has 4 nitrogen and oxygen atoms in total. The van der Waals surface area contributed by atoms with Crippen LogP contribution in [0.15, 0.2) is 83.6 Å². The number of halogens is 1. The molecule has 7 rings (SSSR count). The summed E-state index contributed by atoms with van der Waals surface area (Å²) in [6.07, 6.45) is 3.93. The molecule has 2 atom stereocenters. The van der Waals surface area contributed by atoms with Gasteiger partial charge in [-0.25, -0.2) is 9.97 Å². The number of nitrogens with zero attached hydrogens (tertiary/aromatic N) is 4. The summed E-state index contributed by atoms with van der Waals surface area (Å²) in [5, 5.41) is 0. The SMILES string of the molecule is CC1c2ccc(Br)cc2Cn2ccnc21.CC1c2ccccc2Cn2c1nc1ccccc12. The van der Waals surface area contributed by atoms with Crippen LogP contribution in [0.4, 0.5) is 0 Å². The molecule has 33 heavy (non-hydrogen) atoms. The normalized spacial score (nSPS) is 17.9. The summed E-state index contributed by atoms with van der Waals surface area (Å²) < 4.78 is 5.72. The van der Waals surface area contributed by atoms with Crippen molar-refractivity contribution in [3.05, 3.63) is 117 Å². The van der Waals surface area contributed by atoms with Crippen molar-refractivity contribution in [2.45, 2.75) is 38.8 Å². The van der Waals surface area contributed by atoms with Gasteiger partial charge in [-0.3, -0.25) is 0 Å². The monoisotopic (exact) mass is 496 g/mol. The number of aromatic nitrogens is 4. The molecule has 0 saturated carbocycles. The standard InChI is InChI=1S/C16H14N2.C12H11BrN2/c1-11-13-7-3-2-6-12(13)10-18-15-9-5-4-8-14(15)17-16(11)18;1-8-11-3-2-10(13)6-9(11)7-15-5-4-14-12(8)15/h2-9,11H,10H2,1H3;2-6,8H,7H2,1H3. The highest BCUT2D eigenvalue weighted by molar-refractivity contribution is 9.10. The topological polar surface area (TPSA) is 35.6 Å². The Morgan fingerprint density at radius 1 is 0.818 bits per heavy atom. The van der Waals surface area contributed by atoms with Gasteiger partial charge in [0.2, 0.25) is 0 Å². The molecule has 2 aromatic heterocycles. The lowest BCUT2D eigenvalue weighted by Crippen LogP contribution is -2.17. The molecule has 0 saturated heterocycles. The molecule has 164 valence electrons. The molecular weight excluding hydrogens is 472 g/mol. The minimum Gasteiger partial charge on any atom is -0.330 e. The van der Waals surface area contributed by atoms with Crippen LogP contribution in [0.2, 0.25) is 0 Å². The maximum absolute atomic E-state index is 4.80. The van der Waals surface area contributed by atoms with Crippen molar-refractivity contribution in [2.75, 3.05) is 0 Å². The molecule has 5 heteroatoms. The van der Waals surface area contributed by atoms with E-state index in [9.17, 15) is 0 Å². The van der Waals surface area contributed by atoms with E-state index >= 15 is 0 Å². The molecule has 0 aliphatic carbocycles. The van der Waals surface area contributed by atoms with Gasteiger partial charge in [0.15, 0.2) is 0 Å². The minimum atomic E-state index is 0.377. The van der Waals surface area contributed by atoms with Gasteiger partial charge in [-0.05, 0) is 46.5 Å². The minimum absolute atomic E-state index is 0.377. The molecule has 2 unspecified atom stereocenters. The van der Waals surface area contributed by atoms with E-state index in [1.807, 2.05) is 6.20 Å². The second kappa shape index (κ2) is 7.99. The van der Waals surface area contributed by atoms with Crippen LogP contribution in [0, 0.1) is 0 Å². The van der Waals surface area contributed by atoms with Crippen LogP contribution < -0.4 is 0 Å². The van der Waals surface area contributed by atoms with Gasteiger partial charge in [-0.15, -0.1) is 0 Å². The van der Waals surface area contributed by atoms with Crippen LogP contribution in [0.3, 0.4) is 0 Å². The summed E-state index contributed by atoms with van der Waals surface area (Å²) in [6, 6.07) is 23.6. The van der Waals surface area contributed by atoms with E-state index in [-0.39, 0.29) is 0 Å². The third-order valence-corrected chi connectivity index (χ3v) is 7.46. The number of rotatable bonds is 0. The first-order valence-corrected chi connectivity index (χ1v) is 12.2. The lowest BCUT2D eigenvalue weighted by atomic mass is 9.92. The van der Waals surface area contributed by atoms with Crippen molar-refractivity contribution in [1.29, 1.82) is 0 Å². The van der Waals surface area contributed by atoms with E-state index < -0.39 is 0 Å². The van der Waals surface area contributed by atoms with Gasteiger partial charge in [0.25, 0.3) is 0 Å². The smallest absolute Gasteiger partial charge is 0.117 e. The molecule has 2 aliphatic rings. The zero-order chi connectivity index (χ0) is 22.5. The van der Waals surface area contributed by atoms with Gasteiger partial charge in [0.05, 0.1) is 11.0 Å². The summed E-state index contributed by atoms with van der Waals surface area (Å²) in [6.45, 7) is 6.34. The highest BCUT2D eigenvalue weighted by atomic mass is 79.9. The lowest BCUT2D eigenvalue weighted by molar-refractivity contribution is 0.642. The predicted molar refractivity (Wildman–Crippen MR) is 136 cm³/mol. The van der Waals surface area contributed by atoms with Crippen molar-refractivity contribution in [1.82, 2.24) is 19.1 Å². The van der Waals surface area contributed by atoms with Gasteiger partial charge >= 0.3 is 0 Å². The lowest BCUT2D eigenvalue weighted by Gasteiger charge is -2.24. The largest absolute Gasteiger partial charge is 0.330 e. The van der Waals surface area contributed by atoms with Crippen LogP contribution in [0.25, 0.3) is 11.0 Å². The third kappa shape index (κ3) is 3.42. The van der Waals surface area contributed by atoms with E-state index in [0.717, 1.165) is 23.1 Å². The van der Waals surface area contributed by atoms with Gasteiger partial charge in [-0.2, -0.15) is 0 Å².